The van der Waals surface area contributed by atoms with Crippen molar-refractivity contribution < 1.29 is 18.8 Å². The van der Waals surface area contributed by atoms with E-state index in [-0.39, 0.29) is 0 Å². The molecule has 4 amide bonds. The molecule has 1 aromatic heterocycles. The van der Waals surface area contributed by atoms with Crippen LogP contribution in [0.25, 0.3) is 0 Å². The van der Waals surface area contributed by atoms with Crippen molar-refractivity contribution in [3.8, 4) is 0 Å². The summed E-state index contributed by atoms with van der Waals surface area (Å²) in [4.78, 5) is 40.8. The van der Waals surface area contributed by atoms with E-state index in [2.05, 4.69) is 10.4 Å². The first-order valence-corrected chi connectivity index (χ1v) is 11.6. The molecule has 8 nitrogen and oxygen atoms in total. The van der Waals surface area contributed by atoms with Crippen LogP contribution in [0.15, 0.2) is 82.5 Å². The van der Waals surface area contributed by atoms with Gasteiger partial charge in [0.15, 0.2) is 0 Å². The zero-order valence-corrected chi connectivity index (χ0v) is 19.6. The molecule has 1 fully saturated rings. The summed E-state index contributed by atoms with van der Waals surface area (Å²) < 4.78 is 5.59. The van der Waals surface area contributed by atoms with Gasteiger partial charge in [-0.1, -0.05) is 67.1 Å². The first kappa shape index (κ1) is 22.6. The second kappa shape index (κ2) is 8.87. The van der Waals surface area contributed by atoms with Crippen LogP contribution in [0.4, 0.5) is 4.79 Å². The number of furan rings is 1. The number of hydrazone groups is 1. The van der Waals surface area contributed by atoms with E-state index in [1.807, 2.05) is 56.3 Å². The number of benzene rings is 2. The highest BCUT2D eigenvalue weighted by Gasteiger charge is 2.52. The van der Waals surface area contributed by atoms with Crippen LogP contribution in [0.3, 0.4) is 0 Å². The third-order valence-corrected chi connectivity index (χ3v) is 6.69. The fourth-order valence-electron chi connectivity index (χ4n) is 4.70. The van der Waals surface area contributed by atoms with E-state index in [1.54, 1.807) is 30.5 Å². The van der Waals surface area contributed by atoms with Crippen molar-refractivity contribution in [3.05, 3.63) is 95.4 Å². The van der Waals surface area contributed by atoms with E-state index in [4.69, 9.17) is 4.42 Å². The fraction of sp³-hybridized carbons (Fsp3) is 0.259. The third kappa shape index (κ3) is 3.90. The Morgan fingerprint density at radius 2 is 1.83 bits per heavy atom. The van der Waals surface area contributed by atoms with Gasteiger partial charge in [-0.3, -0.25) is 14.5 Å². The number of imide groups is 1. The Hall–Kier alpha value is -4.20. The van der Waals surface area contributed by atoms with Crippen molar-refractivity contribution in [2.45, 2.75) is 38.3 Å². The molecule has 1 saturated heterocycles. The predicted molar refractivity (Wildman–Crippen MR) is 129 cm³/mol. The number of hydrogen-bond donors (Lipinski definition) is 1. The molecule has 0 radical (unpaired) electrons. The molecule has 3 heterocycles. The van der Waals surface area contributed by atoms with Crippen LogP contribution in [0.2, 0.25) is 0 Å². The van der Waals surface area contributed by atoms with Crippen LogP contribution in [0, 0.1) is 6.92 Å². The van der Waals surface area contributed by atoms with Gasteiger partial charge in [-0.05, 0) is 36.6 Å². The Balaban J connectivity index is 1.42. The number of aryl methyl sites for hydroxylation is 1. The highest BCUT2D eigenvalue weighted by atomic mass is 16.3. The minimum absolute atomic E-state index is 0.362. The highest BCUT2D eigenvalue weighted by Crippen LogP contribution is 2.35. The van der Waals surface area contributed by atoms with Crippen molar-refractivity contribution in [2.75, 3.05) is 6.54 Å². The summed E-state index contributed by atoms with van der Waals surface area (Å²) in [5.74, 6) is -0.313. The molecule has 0 aliphatic carbocycles. The van der Waals surface area contributed by atoms with E-state index < -0.39 is 36.0 Å². The predicted octanol–water partition coefficient (Wildman–Crippen LogP) is 4.12. The Labute approximate surface area is 203 Å². The molecule has 2 aliphatic heterocycles. The number of nitrogens with zero attached hydrogens (tertiary/aromatic N) is 3. The first-order valence-electron chi connectivity index (χ1n) is 11.6. The molecule has 0 bridgehead atoms. The summed E-state index contributed by atoms with van der Waals surface area (Å²) in [5, 5.41) is 8.76. The van der Waals surface area contributed by atoms with Crippen molar-refractivity contribution in [1.82, 2.24) is 15.2 Å². The number of amides is 4. The summed E-state index contributed by atoms with van der Waals surface area (Å²) in [6.07, 6.45) is 2.38. The van der Waals surface area contributed by atoms with Crippen molar-refractivity contribution in [3.63, 3.8) is 0 Å². The number of rotatable bonds is 6. The van der Waals surface area contributed by atoms with Crippen LogP contribution >= 0.6 is 0 Å². The van der Waals surface area contributed by atoms with Gasteiger partial charge < -0.3 is 9.73 Å². The van der Waals surface area contributed by atoms with E-state index in [0.29, 0.717) is 24.2 Å². The van der Waals surface area contributed by atoms with Crippen LogP contribution < -0.4 is 5.32 Å². The molecule has 2 atom stereocenters. The number of nitrogens with one attached hydrogen (secondary N) is 1. The van der Waals surface area contributed by atoms with Crippen molar-refractivity contribution in [1.29, 1.82) is 0 Å². The Kier molecular flexibility index (Phi) is 5.72. The van der Waals surface area contributed by atoms with Gasteiger partial charge in [0.25, 0.3) is 11.8 Å². The number of carbonyl (C=O) groups excluding carboxylic acids is 3. The molecule has 0 unspecified atom stereocenters. The molecule has 35 heavy (non-hydrogen) atoms. The fourth-order valence-corrected chi connectivity index (χ4v) is 4.70. The van der Waals surface area contributed by atoms with Crippen LogP contribution in [0.5, 0.6) is 0 Å². The van der Waals surface area contributed by atoms with Crippen LogP contribution in [-0.4, -0.2) is 40.0 Å². The average molecular weight is 471 g/mol. The standard InChI is InChI=1S/C27H26N4O4/c1-3-27(20-8-5-4-6-9-20)25(33)30(26(34)28-27)17-24(32)31-22(23-10-7-15-35-23)16-21(29-31)19-13-11-18(2)12-14-19/h4-15,22H,3,16-17H2,1-2H3,(H,28,34)/t22-,27-/m0/s1. The van der Waals surface area contributed by atoms with Gasteiger partial charge >= 0.3 is 6.03 Å². The lowest BCUT2D eigenvalue weighted by Gasteiger charge is -2.26. The van der Waals surface area contributed by atoms with E-state index in [9.17, 15) is 14.4 Å². The summed E-state index contributed by atoms with van der Waals surface area (Å²) in [6, 6.07) is 19.5. The second-order valence-corrected chi connectivity index (χ2v) is 8.83. The molecule has 8 heteroatoms. The molecule has 2 aromatic carbocycles. The smallest absolute Gasteiger partial charge is 0.325 e. The minimum Gasteiger partial charge on any atom is -0.467 e. The monoisotopic (exact) mass is 470 g/mol. The van der Waals surface area contributed by atoms with Crippen molar-refractivity contribution >= 4 is 23.6 Å². The Morgan fingerprint density at radius 3 is 2.49 bits per heavy atom. The van der Waals surface area contributed by atoms with Gasteiger partial charge in [-0.15, -0.1) is 0 Å². The van der Waals surface area contributed by atoms with Gasteiger partial charge in [0.1, 0.15) is 23.9 Å². The number of urea groups is 1. The number of hydrogen-bond acceptors (Lipinski definition) is 5. The molecular formula is C27H26N4O4. The maximum Gasteiger partial charge on any atom is 0.325 e. The number of carbonyl (C=O) groups is 3. The van der Waals surface area contributed by atoms with Gasteiger partial charge in [0.2, 0.25) is 0 Å². The molecular weight excluding hydrogens is 444 g/mol. The molecule has 2 aliphatic rings. The topological polar surface area (TPSA) is 95.2 Å². The third-order valence-electron chi connectivity index (χ3n) is 6.69. The highest BCUT2D eigenvalue weighted by molar-refractivity contribution is 6.10. The van der Waals surface area contributed by atoms with E-state index >= 15 is 0 Å². The molecule has 0 spiro atoms. The average Bonchev–Trinajstić information content (AvgIpc) is 3.61. The zero-order valence-electron chi connectivity index (χ0n) is 19.6. The molecule has 1 N–H and O–H groups in total. The van der Waals surface area contributed by atoms with E-state index in [0.717, 1.165) is 21.7 Å². The van der Waals surface area contributed by atoms with Crippen LogP contribution in [-0.2, 0) is 15.1 Å². The summed E-state index contributed by atoms with van der Waals surface area (Å²) in [6.45, 7) is 3.43. The quantitative estimate of drug-likeness (QED) is 0.548. The SMILES string of the molecule is CC[C@@]1(c2ccccc2)NC(=O)N(CC(=O)N2N=C(c3ccc(C)cc3)C[C@H]2c2ccco2)C1=O. The molecule has 0 saturated carbocycles. The lowest BCUT2D eigenvalue weighted by molar-refractivity contribution is -0.140. The van der Waals surface area contributed by atoms with Crippen LogP contribution in [0.1, 0.15) is 48.3 Å². The summed E-state index contributed by atoms with van der Waals surface area (Å²) >= 11 is 0. The van der Waals surface area contributed by atoms with E-state index in [1.165, 1.54) is 5.01 Å². The lowest BCUT2D eigenvalue weighted by Crippen LogP contribution is -2.45. The first-order chi connectivity index (χ1) is 16.9. The second-order valence-electron chi connectivity index (χ2n) is 8.83. The van der Waals surface area contributed by atoms with Gasteiger partial charge in [-0.2, -0.15) is 5.10 Å². The summed E-state index contributed by atoms with van der Waals surface area (Å²) in [7, 11) is 0. The lowest BCUT2D eigenvalue weighted by atomic mass is 9.87. The maximum atomic E-state index is 13.5. The normalized spacial score (nSPS) is 21.9. The van der Waals surface area contributed by atoms with Gasteiger partial charge in [0, 0.05) is 6.42 Å². The minimum atomic E-state index is -1.19. The van der Waals surface area contributed by atoms with Gasteiger partial charge in [-0.25, -0.2) is 9.80 Å². The summed E-state index contributed by atoms with van der Waals surface area (Å²) in [5.41, 5.74) is 2.26. The Bertz CT molecular complexity index is 1280. The molecule has 5 rings (SSSR count). The Morgan fingerprint density at radius 1 is 1.09 bits per heavy atom. The largest absolute Gasteiger partial charge is 0.467 e. The molecule has 3 aromatic rings. The van der Waals surface area contributed by atoms with Gasteiger partial charge in [0.05, 0.1) is 12.0 Å². The molecule has 178 valence electrons. The van der Waals surface area contributed by atoms with Crippen molar-refractivity contribution in [2.24, 2.45) is 5.10 Å². The maximum absolute atomic E-state index is 13.5. The zero-order chi connectivity index (χ0) is 24.6.